The molecule has 0 bridgehead atoms. The molecule has 2 aromatic heterocycles. The highest BCUT2D eigenvalue weighted by Gasteiger charge is 2.24. The van der Waals surface area contributed by atoms with Crippen LogP contribution in [0.1, 0.15) is 40.5 Å². The molecule has 0 saturated carbocycles. The quantitative estimate of drug-likeness (QED) is 0.375. The van der Waals surface area contributed by atoms with Crippen molar-refractivity contribution in [2.75, 3.05) is 6.61 Å². The second-order valence-corrected chi connectivity index (χ2v) is 9.34. The first kappa shape index (κ1) is 25.3. The van der Waals surface area contributed by atoms with E-state index in [0.717, 1.165) is 16.7 Å². The lowest BCUT2D eigenvalue weighted by atomic mass is 9.97. The third-order valence-corrected chi connectivity index (χ3v) is 6.27. The molecular weight excluding hydrogens is 457 g/mol. The number of benzene rings is 2. The van der Waals surface area contributed by atoms with Crippen molar-refractivity contribution in [2.24, 2.45) is 5.92 Å². The highest BCUT2D eigenvalue weighted by molar-refractivity contribution is 6.07. The first-order valence-corrected chi connectivity index (χ1v) is 12.0. The molecule has 0 unspecified atom stereocenters. The standard InChI is InChI=1S/C29H30FN3O3/c1-18(17-34)10-12-33-27(28(35)32-16-21-14-19(2)13-20(3)15-21)25(22-6-8-23(30)9-7-22)24-5-4-11-31-26(24)29(33)36/h4-9,11,13-15,18,34H,10,12,16-17H2,1-3H3,(H,32,35)/t18-/m1/s1. The number of carbonyl (C=O) groups excluding carboxylic acids is 1. The molecule has 4 aromatic rings. The Morgan fingerprint density at radius 1 is 1.11 bits per heavy atom. The van der Waals surface area contributed by atoms with Gasteiger partial charge in [0.15, 0.2) is 0 Å². The van der Waals surface area contributed by atoms with Gasteiger partial charge >= 0.3 is 0 Å². The molecule has 6 nitrogen and oxygen atoms in total. The van der Waals surface area contributed by atoms with Gasteiger partial charge in [0.05, 0.1) is 0 Å². The molecule has 4 rings (SSSR count). The van der Waals surface area contributed by atoms with Crippen LogP contribution in [0.15, 0.2) is 65.6 Å². The normalized spacial score (nSPS) is 12.0. The minimum absolute atomic E-state index is 0.0281. The minimum Gasteiger partial charge on any atom is -0.396 e. The van der Waals surface area contributed by atoms with Gasteiger partial charge in [0.1, 0.15) is 17.0 Å². The van der Waals surface area contributed by atoms with Crippen LogP contribution in [-0.4, -0.2) is 27.2 Å². The van der Waals surface area contributed by atoms with E-state index in [1.807, 2.05) is 32.9 Å². The highest BCUT2D eigenvalue weighted by Crippen LogP contribution is 2.31. The molecule has 0 aliphatic heterocycles. The Labute approximate surface area is 209 Å². The molecule has 2 aromatic carbocycles. The first-order valence-electron chi connectivity index (χ1n) is 12.0. The number of aliphatic hydroxyl groups excluding tert-OH is 1. The van der Waals surface area contributed by atoms with Gasteiger partial charge in [0, 0.05) is 36.8 Å². The third kappa shape index (κ3) is 5.36. The molecule has 1 amide bonds. The van der Waals surface area contributed by atoms with E-state index in [4.69, 9.17) is 0 Å². The van der Waals surface area contributed by atoms with E-state index in [2.05, 4.69) is 16.4 Å². The Morgan fingerprint density at radius 3 is 2.47 bits per heavy atom. The molecule has 2 heterocycles. The Balaban J connectivity index is 1.89. The number of hydrogen-bond acceptors (Lipinski definition) is 4. The lowest BCUT2D eigenvalue weighted by molar-refractivity contribution is 0.0940. The van der Waals surface area contributed by atoms with E-state index in [9.17, 15) is 19.1 Å². The summed E-state index contributed by atoms with van der Waals surface area (Å²) in [7, 11) is 0. The van der Waals surface area contributed by atoms with E-state index >= 15 is 0 Å². The summed E-state index contributed by atoms with van der Waals surface area (Å²) in [5.74, 6) is -0.864. The summed E-state index contributed by atoms with van der Waals surface area (Å²) in [5.41, 5.74) is 4.33. The zero-order chi connectivity index (χ0) is 25.8. The molecule has 0 fully saturated rings. The minimum atomic E-state index is -0.409. The van der Waals surface area contributed by atoms with Crippen LogP contribution in [0.3, 0.4) is 0 Å². The van der Waals surface area contributed by atoms with Gasteiger partial charge in [0.2, 0.25) is 0 Å². The van der Waals surface area contributed by atoms with E-state index in [-0.39, 0.29) is 42.4 Å². The van der Waals surface area contributed by atoms with Crippen LogP contribution in [0.2, 0.25) is 0 Å². The van der Waals surface area contributed by atoms with Crippen LogP contribution in [0.25, 0.3) is 22.0 Å². The maximum atomic E-state index is 13.8. The lowest BCUT2D eigenvalue weighted by Crippen LogP contribution is -2.34. The topological polar surface area (TPSA) is 84.2 Å². The largest absolute Gasteiger partial charge is 0.396 e. The van der Waals surface area contributed by atoms with Gasteiger partial charge < -0.3 is 15.0 Å². The van der Waals surface area contributed by atoms with Gasteiger partial charge in [-0.25, -0.2) is 4.39 Å². The van der Waals surface area contributed by atoms with Crippen molar-refractivity contribution < 1.29 is 14.3 Å². The van der Waals surface area contributed by atoms with Crippen LogP contribution in [0.5, 0.6) is 0 Å². The van der Waals surface area contributed by atoms with Crippen molar-refractivity contribution >= 4 is 16.8 Å². The fourth-order valence-electron chi connectivity index (χ4n) is 4.51. The lowest BCUT2D eigenvalue weighted by Gasteiger charge is -2.20. The average molecular weight is 488 g/mol. The number of carbonyl (C=O) groups is 1. The van der Waals surface area contributed by atoms with Gasteiger partial charge in [-0.2, -0.15) is 0 Å². The van der Waals surface area contributed by atoms with E-state index in [0.29, 0.717) is 22.9 Å². The molecule has 0 aliphatic rings. The zero-order valence-corrected chi connectivity index (χ0v) is 20.7. The summed E-state index contributed by atoms with van der Waals surface area (Å²) in [6, 6.07) is 15.4. The van der Waals surface area contributed by atoms with Crippen molar-refractivity contribution in [3.05, 3.63) is 99.3 Å². The third-order valence-electron chi connectivity index (χ3n) is 6.27. The summed E-state index contributed by atoms with van der Waals surface area (Å²) < 4.78 is 15.2. The molecule has 1 atom stereocenters. The number of hydrogen-bond donors (Lipinski definition) is 2. The molecule has 186 valence electrons. The number of nitrogens with zero attached hydrogens (tertiary/aromatic N) is 2. The number of halogens is 1. The Bertz CT molecular complexity index is 1440. The Kier molecular flexibility index (Phi) is 7.60. The molecule has 0 saturated heterocycles. The Morgan fingerprint density at radius 2 is 1.81 bits per heavy atom. The predicted octanol–water partition coefficient (Wildman–Crippen LogP) is 4.77. The SMILES string of the molecule is Cc1cc(C)cc(CNC(=O)c2c(-c3ccc(F)cc3)c3cccnc3c(=O)n2CC[C@@H](C)CO)c1. The van der Waals surface area contributed by atoms with Gasteiger partial charge in [-0.05, 0) is 55.5 Å². The van der Waals surface area contributed by atoms with Crippen LogP contribution < -0.4 is 10.9 Å². The smallest absolute Gasteiger partial charge is 0.277 e. The highest BCUT2D eigenvalue weighted by atomic mass is 19.1. The van der Waals surface area contributed by atoms with Crippen molar-refractivity contribution in [3.8, 4) is 11.1 Å². The van der Waals surface area contributed by atoms with E-state index in [1.165, 1.54) is 16.7 Å². The maximum Gasteiger partial charge on any atom is 0.277 e. The summed E-state index contributed by atoms with van der Waals surface area (Å²) in [5, 5.41) is 13.0. The maximum absolute atomic E-state index is 13.8. The van der Waals surface area contributed by atoms with Crippen molar-refractivity contribution in [3.63, 3.8) is 0 Å². The number of amides is 1. The molecule has 0 aliphatic carbocycles. The number of fused-ring (bicyclic) bond motifs is 1. The second-order valence-electron chi connectivity index (χ2n) is 9.34. The predicted molar refractivity (Wildman–Crippen MR) is 139 cm³/mol. The van der Waals surface area contributed by atoms with Gasteiger partial charge in [-0.1, -0.05) is 54.4 Å². The summed E-state index contributed by atoms with van der Waals surface area (Å²) >= 11 is 0. The van der Waals surface area contributed by atoms with Crippen molar-refractivity contribution in [1.82, 2.24) is 14.9 Å². The molecule has 2 N–H and O–H groups in total. The number of aromatic nitrogens is 2. The van der Waals surface area contributed by atoms with Gasteiger partial charge in [-0.15, -0.1) is 0 Å². The van der Waals surface area contributed by atoms with E-state index in [1.54, 1.807) is 30.5 Å². The van der Waals surface area contributed by atoms with E-state index < -0.39 is 11.7 Å². The van der Waals surface area contributed by atoms with Crippen LogP contribution in [0, 0.1) is 25.6 Å². The summed E-state index contributed by atoms with van der Waals surface area (Å²) in [6.45, 7) is 6.37. The first-order chi connectivity index (χ1) is 17.3. The second kappa shape index (κ2) is 10.8. The van der Waals surface area contributed by atoms with Crippen LogP contribution in [-0.2, 0) is 13.1 Å². The molecule has 7 heteroatoms. The monoisotopic (exact) mass is 487 g/mol. The number of rotatable bonds is 8. The fraction of sp³-hybridized carbons (Fsp3) is 0.276. The summed E-state index contributed by atoms with van der Waals surface area (Å²) in [6.07, 6.45) is 2.04. The molecule has 0 spiro atoms. The average Bonchev–Trinajstić information content (AvgIpc) is 2.86. The zero-order valence-electron chi connectivity index (χ0n) is 20.7. The molecule has 36 heavy (non-hydrogen) atoms. The summed E-state index contributed by atoms with van der Waals surface area (Å²) in [4.78, 5) is 31.6. The van der Waals surface area contributed by atoms with Crippen molar-refractivity contribution in [2.45, 2.75) is 40.3 Å². The number of aryl methyl sites for hydroxylation is 2. The van der Waals surface area contributed by atoms with Crippen LogP contribution in [0.4, 0.5) is 4.39 Å². The van der Waals surface area contributed by atoms with Crippen molar-refractivity contribution in [1.29, 1.82) is 0 Å². The van der Waals surface area contributed by atoms with Gasteiger partial charge in [-0.3, -0.25) is 14.6 Å². The van der Waals surface area contributed by atoms with Crippen LogP contribution >= 0.6 is 0 Å². The fourth-order valence-corrected chi connectivity index (χ4v) is 4.51. The molecule has 0 radical (unpaired) electrons. The number of pyridine rings is 2. The number of aliphatic hydroxyl groups is 1. The molecular formula is C29H30FN3O3. The number of nitrogens with one attached hydrogen (secondary N) is 1. The van der Waals surface area contributed by atoms with Gasteiger partial charge in [0.25, 0.3) is 11.5 Å². The Hall–Kier alpha value is -3.84.